The Morgan fingerprint density at radius 1 is 1.17 bits per heavy atom. The van der Waals surface area contributed by atoms with Crippen LogP contribution in [-0.4, -0.2) is 36.1 Å². The fourth-order valence-corrected chi connectivity index (χ4v) is 4.67. The Labute approximate surface area is 206 Å². The second-order valence-corrected chi connectivity index (χ2v) is 8.64. The molecular weight excluding hydrogens is 463 g/mol. The van der Waals surface area contributed by atoms with E-state index in [9.17, 15) is 9.18 Å². The third-order valence-electron chi connectivity index (χ3n) is 6.40. The smallest absolute Gasteiger partial charge is 0.255 e. The molecular formula is C27H23FN4O4. The van der Waals surface area contributed by atoms with Crippen LogP contribution in [0.25, 0.3) is 11.3 Å². The van der Waals surface area contributed by atoms with Crippen LogP contribution in [0.4, 0.5) is 15.8 Å². The summed E-state index contributed by atoms with van der Waals surface area (Å²) < 4.78 is 32.1. The van der Waals surface area contributed by atoms with Gasteiger partial charge in [0.25, 0.3) is 5.91 Å². The number of aromatic nitrogens is 2. The molecule has 0 unspecified atom stereocenters. The largest absolute Gasteiger partial charge is 0.493 e. The molecule has 0 spiro atoms. The van der Waals surface area contributed by atoms with Crippen molar-refractivity contribution in [2.75, 3.05) is 25.6 Å². The van der Waals surface area contributed by atoms with Crippen LogP contribution in [0.3, 0.4) is 0 Å². The number of fused-ring (bicyclic) bond motifs is 5. The number of ether oxygens (including phenoxy) is 3. The summed E-state index contributed by atoms with van der Waals surface area (Å²) in [6.07, 6.45) is 3.30. The van der Waals surface area contributed by atoms with Crippen LogP contribution in [0.1, 0.15) is 27.5 Å². The van der Waals surface area contributed by atoms with Gasteiger partial charge in [-0.1, -0.05) is 18.2 Å². The van der Waals surface area contributed by atoms with E-state index in [0.717, 1.165) is 17.0 Å². The molecule has 0 saturated carbocycles. The molecule has 3 N–H and O–H groups in total. The first-order valence-electron chi connectivity index (χ1n) is 11.5. The molecule has 6 rings (SSSR count). The molecule has 4 heterocycles. The third kappa shape index (κ3) is 3.78. The number of aromatic amines is 1. The van der Waals surface area contributed by atoms with Crippen LogP contribution < -0.4 is 24.8 Å². The minimum absolute atomic E-state index is 0.0496. The Kier molecular flexibility index (Phi) is 5.44. The van der Waals surface area contributed by atoms with Crippen LogP contribution in [-0.2, 0) is 6.61 Å². The zero-order valence-electron chi connectivity index (χ0n) is 19.4. The molecule has 4 aromatic rings. The molecule has 2 aliphatic rings. The number of benzene rings is 2. The van der Waals surface area contributed by atoms with Crippen LogP contribution in [0.15, 0.2) is 60.9 Å². The minimum Gasteiger partial charge on any atom is -0.493 e. The maximum atomic E-state index is 14.5. The summed E-state index contributed by atoms with van der Waals surface area (Å²) in [4.78, 5) is 20.9. The lowest BCUT2D eigenvalue weighted by atomic mass is 9.96. The van der Waals surface area contributed by atoms with E-state index < -0.39 is 5.82 Å². The molecule has 0 aliphatic carbocycles. The van der Waals surface area contributed by atoms with E-state index in [-0.39, 0.29) is 17.6 Å². The highest BCUT2D eigenvalue weighted by Gasteiger charge is 2.34. The Bertz CT molecular complexity index is 1470. The summed E-state index contributed by atoms with van der Waals surface area (Å²) in [5.41, 5.74) is 4.32. The van der Waals surface area contributed by atoms with Crippen molar-refractivity contribution >= 4 is 17.3 Å². The molecule has 0 saturated heterocycles. The van der Waals surface area contributed by atoms with E-state index in [4.69, 9.17) is 14.2 Å². The number of rotatable bonds is 3. The van der Waals surface area contributed by atoms with Gasteiger partial charge in [0.1, 0.15) is 18.1 Å². The quantitative estimate of drug-likeness (QED) is 0.386. The SMILES string of the molecule is COc1c(F)cccc1Nc1c2[nH]c3c1C(=O)NC[C@@H]3COc1cccc(c1)COc1cnccc1-2. The molecule has 2 aromatic heterocycles. The first-order valence-corrected chi connectivity index (χ1v) is 11.5. The Morgan fingerprint density at radius 2 is 2.06 bits per heavy atom. The molecule has 36 heavy (non-hydrogen) atoms. The van der Waals surface area contributed by atoms with E-state index in [2.05, 4.69) is 20.6 Å². The van der Waals surface area contributed by atoms with Gasteiger partial charge in [-0.05, 0) is 35.9 Å². The molecule has 0 fully saturated rings. The average Bonchev–Trinajstić information content (AvgIpc) is 3.27. The summed E-state index contributed by atoms with van der Waals surface area (Å²) in [5, 5.41) is 6.23. The van der Waals surface area contributed by atoms with Gasteiger partial charge in [0, 0.05) is 24.0 Å². The van der Waals surface area contributed by atoms with E-state index >= 15 is 0 Å². The van der Waals surface area contributed by atoms with Crippen molar-refractivity contribution in [2.24, 2.45) is 0 Å². The van der Waals surface area contributed by atoms with Crippen molar-refractivity contribution in [3.63, 3.8) is 0 Å². The molecule has 2 aliphatic heterocycles. The fourth-order valence-electron chi connectivity index (χ4n) is 4.67. The van der Waals surface area contributed by atoms with Gasteiger partial charge in [0.05, 0.1) is 48.5 Å². The second-order valence-electron chi connectivity index (χ2n) is 8.64. The van der Waals surface area contributed by atoms with E-state index in [1.54, 1.807) is 24.5 Å². The lowest BCUT2D eigenvalue weighted by molar-refractivity contribution is 0.0935. The Balaban J connectivity index is 1.56. The van der Waals surface area contributed by atoms with Gasteiger partial charge in [-0.15, -0.1) is 0 Å². The maximum Gasteiger partial charge on any atom is 0.255 e. The number of para-hydroxylation sites is 1. The van der Waals surface area contributed by atoms with Gasteiger partial charge < -0.3 is 29.8 Å². The number of pyridine rings is 1. The molecule has 8 nitrogen and oxygen atoms in total. The molecule has 182 valence electrons. The Hall–Kier alpha value is -4.53. The lowest BCUT2D eigenvalue weighted by Crippen LogP contribution is -2.37. The summed E-state index contributed by atoms with van der Waals surface area (Å²) >= 11 is 0. The monoisotopic (exact) mass is 486 g/mol. The normalized spacial score (nSPS) is 16.2. The van der Waals surface area contributed by atoms with E-state index in [1.165, 1.54) is 13.2 Å². The topological polar surface area (TPSA) is 97.5 Å². The van der Waals surface area contributed by atoms with Crippen molar-refractivity contribution in [1.82, 2.24) is 15.3 Å². The maximum absolute atomic E-state index is 14.5. The molecule has 9 heteroatoms. The number of carbonyl (C=O) groups excluding carboxylic acids is 1. The van der Waals surface area contributed by atoms with Gasteiger partial charge in [-0.2, -0.15) is 0 Å². The van der Waals surface area contributed by atoms with Crippen molar-refractivity contribution in [3.8, 4) is 28.5 Å². The lowest BCUT2D eigenvalue weighted by Gasteiger charge is -2.24. The van der Waals surface area contributed by atoms with E-state index in [1.807, 2.05) is 30.3 Å². The summed E-state index contributed by atoms with van der Waals surface area (Å²) in [7, 11) is 1.40. The summed E-state index contributed by atoms with van der Waals surface area (Å²) in [6, 6.07) is 14.1. The van der Waals surface area contributed by atoms with Crippen molar-refractivity contribution in [1.29, 1.82) is 0 Å². The van der Waals surface area contributed by atoms with Crippen molar-refractivity contribution in [3.05, 3.63) is 83.6 Å². The zero-order valence-corrected chi connectivity index (χ0v) is 19.4. The predicted molar refractivity (Wildman–Crippen MR) is 132 cm³/mol. The Morgan fingerprint density at radius 3 is 2.94 bits per heavy atom. The molecule has 1 atom stereocenters. The highest BCUT2D eigenvalue weighted by molar-refractivity contribution is 6.07. The highest BCUT2D eigenvalue weighted by Crippen LogP contribution is 2.44. The molecule has 2 aromatic carbocycles. The fraction of sp³-hybridized carbons (Fsp3) is 0.185. The van der Waals surface area contributed by atoms with Gasteiger partial charge in [0.2, 0.25) is 0 Å². The zero-order chi connectivity index (χ0) is 24.6. The van der Waals surface area contributed by atoms with E-state index in [0.29, 0.717) is 53.7 Å². The van der Waals surface area contributed by atoms with Gasteiger partial charge in [-0.25, -0.2) is 4.39 Å². The standard InChI is InChI=1S/C27H23FN4O4/c1-34-26-19(28)6-3-7-20(26)31-25-22-23-16(11-30-27(22)33)14-35-17-5-2-4-15(10-17)13-36-21-12-29-9-8-18(21)24(25)32-23/h2-10,12,16,31-32H,11,13-14H2,1H3,(H,30,33)/t16-/m1/s1. The molecule has 1 amide bonds. The number of halogens is 1. The highest BCUT2D eigenvalue weighted by atomic mass is 19.1. The third-order valence-corrected chi connectivity index (χ3v) is 6.40. The van der Waals surface area contributed by atoms with Gasteiger partial charge in [0.15, 0.2) is 11.6 Å². The number of anilines is 2. The number of nitrogens with one attached hydrogen (secondary N) is 3. The number of H-pyrrole nitrogens is 1. The number of carbonyl (C=O) groups is 1. The number of methoxy groups -OCH3 is 1. The van der Waals surface area contributed by atoms with Crippen LogP contribution in [0, 0.1) is 5.82 Å². The number of hydrogen-bond acceptors (Lipinski definition) is 6. The number of hydrogen-bond donors (Lipinski definition) is 3. The first-order chi connectivity index (χ1) is 17.6. The first kappa shape index (κ1) is 22.0. The summed E-state index contributed by atoms with van der Waals surface area (Å²) in [6.45, 7) is 1.07. The van der Waals surface area contributed by atoms with Crippen molar-refractivity contribution in [2.45, 2.75) is 12.5 Å². The molecule has 0 radical (unpaired) electrons. The second kappa shape index (κ2) is 8.92. The summed E-state index contributed by atoms with van der Waals surface area (Å²) in [5.74, 6) is 0.404. The molecule has 4 bridgehead atoms. The van der Waals surface area contributed by atoms with Crippen LogP contribution in [0.5, 0.6) is 17.2 Å². The predicted octanol–water partition coefficient (Wildman–Crippen LogP) is 4.77. The van der Waals surface area contributed by atoms with Crippen LogP contribution in [0.2, 0.25) is 0 Å². The minimum atomic E-state index is -0.514. The van der Waals surface area contributed by atoms with Crippen LogP contribution >= 0.6 is 0 Å². The average molecular weight is 487 g/mol. The van der Waals surface area contributed by atoms with Gasteiger partial charge >= 0.3 is 0 Å². The van der Waals surface area contributed by atoms with Gasteiger partial charge in [-0.3, -0.25) is 9.78 Å². The van der Waals surface area contributed by atoms with Crippen molar-refractivity contribution < 1.29 is 23.4 Å². The number of amides is 1. The number of nitrogens with zero attached hydrogens (tertiary/aromatic N) is 1.